The molecule has 21 nitrogen and oxygen atoms in total. The van der Waals surface area contributed by atoms with Crippen LogP contribution in [0.5, 0.6) is 0 Å². The molecule has 14 aliphatic rings. The molecule has 0 saturated carbocycles. The fourth-order valence-corrected chi connectivity index (χ4v) is 16.6. The summed E-state index contributed by atoms with van der Waals surface area (Å²) in [4.78, 5) is -1.50. The molecule has 0 aromatic heterocycles. The van der Waals surface area contributed by atoms with Gasteiger partial charge in [0.1, 0.15) is 70.8 Å². The van der Waals surface area contributed by atoms with Gasteiger partial charge in [0, 0.05) is 17.1 Å². The summed E-state index contributed by atoms with van der Waals surface area (Å²) in [5, 5.41) is 0. The number of rotatable bonds is 7. The van der Waals surface area contributed by atoms with E-state index in [-0.39, 0.29) is 51.3 Å². The first-order valence-corrected chi connectivity index (χ1v) is 47.4. The maximum Gasteiger partial charge on any atom is 0.125 e. The Labute approximate surface area is 751 Å². The monoisotopic (exact) mass is 1870 g/mol. The molecule has 14 rings (SSSR count). The van der Waals surface area contributed by atoms with Crippen molar-refractivity contribution in [3.05, 3.63) is 467 Å². The van der Waals surface area contributed by atoms with Crippen LogP contribution in [-0.4, -0.2) is 90.8 Å². The summed E-state index contributed by atoms with van der Waals surface area (Å²) in [5.41, 5.74) is 7.66. The van der Waals surface area contributed by atoms with Crippen molar-refractivity contribution in [2.24, 2.45) is 0 Å². The average molecular weight is 1870 g/mol. The van der Waals surface area contributed by atoms with Crippen LogP contribution in [0.15, 0.2) is 501 Å². The molecular weight excluding hydrogens is 1790 g/mol. The molecule has 14 aliphatic carbocycles. The Kier molecular flexibility index (Phi) is 39.6. The molecule has 0 atom stereocenters. The van der Waals surface area contributed by atoms with E-state index in [4.69, 9.17) is 0 Å². The molecule has 0 aromatic rings. The van der Waals surface area contributed by atoms with Crippen molar-refractivity contribution in [3.63, 3.8) is 0 Å². The summed E-state index contributed by atoms with van der Waals surface area (Å²) in [6.07, 6.45) is 0. The van der Waals surface area contributed by atoms with Gasteiger partial charge in [0.2, 0.25) is 0 Å². The van der Waals surface area contributed by atoms with Crippen molar-refractivity contribution in [2.45, 2.75) is 34.3 Å². The van der Waals surface area contributed by atoms with Crippen LogP contribution < -0.4 is 0 Å². The van der Waals surface area contributed by atoms with Gasteiger partial charge in [0.15, 0.2) is 0 Å². The molecule has 0 N–H and O–H groups in total. The molecule has 0 unspecified atom stereocenters. The number of hydrogen-bond acceptors (Lipinski definition) is 21. The van der Waals surface area contributed by atoms with Gasteiger partial charge in [-0.1, -0.05) is 425 Å². The molecule has 0 bridgehead atoms. The molecule has 1 radical (unpaired) electrons. The quantitative estimate of drug-likeness (QED) is 0.106. The third-order valence-electron chi connectivity index (χ3n) is 17.2. The van der Waals surface area contributed by atoms with Crippen LogP contribution in [0.3, 0.4) is 0 Å². The fraction of sp³-hybridized carbons (Fsp3) is 0. The third-order valence-corrected chi connectivity index (χ3v) is 23.5. The zero-order valence-electron chi connectivity index (χ0n) is 66.8. The van der Waals surface area contributed by atoms with Crippen molar-refractivity contribution in [1.29, 1.82) is 0 Å². The Morgan fingerprint density at radius 2 is 0.181 bits per heavy atom. The van der Waals surface area contributed by atoms with E-state index in [9.17, 15) is 90.8 Å². The van der Waals surface area contributed by atoms with Gasteiger partial charge in [0.05, 0.1) is 34.3 Å². The van der Waals surface area contributed by atoms with Crippen molar-refractivity contribution in [3.8, 4) is 77.9 Å². The van der Waals surface area contributed by atoms with E-state index in [0.717, 1.165) is 0 Å². The summed E-state index contributed by atoms with van der Waals surface area (Å²) < 4.78 is 238. The van der Waals surface area contributed by atoms with Gasteiger partial charge in [-0.3, -0.25) is 0 Å². The molecule has 0 spiro atoms. The maximum atomic E-state index is 11.3. The zero-order chi connectivity index (χ0) is 91.1. The molecule has 0 fully saturated rings. The SMILES string of the molecule is O=S(=O)([O-])c1cccccc2ccccccc1-2.O=S(=O)([O-])c1cccccc2ccccccc1-2.O=S(=O)([O-])c1cccccc2ccccccc1-2.O=S(=O)([O-])c1cccccc2ccccccc1-2.O=S(=O)([O-])c1cccccc2ccccccc1-2.O=S(=O)([O-])c1cccccc2ccccccc1-2.O=S(=O)([O-])c1cccccc2ccccccc1-2.[Mn]. The van der Waals surface area contributed by atoms with Crippen molar-refractivity contribution in [1.82, 2.24) is 0 Å². The normalized spacial score (nSPS) is 10.9. The molecule has 0 aromatic carbocycles. The van der Waals surface area contributed by atoms with Crippen LogP contribution in [0.1, 0.15) is 0 Å². The van der Waals surface area contributed by atoms with Crippen LogP contribution in [0.2, 0.25) is 0 Å². The predicted molar refractivity (Wildman–Crippen MR) is 481 cm³/mol. The zero-order valence-corrected chi connectivity index (χ0v) is 73.7. The van der Waals surface area contributed by atoms with Crippen LogP contribution in [0.25, 0.3) is 77.9 Å². The predicted octanol–water partition coefficient (Wildman–Crippen LogP) is 19.7. The second-order valence-corrected chi connectivity index (χ2v) is 35.3. The Morgan fingerprint density at radius 1 is 0.110 bits per heavy atom. The Bertz CT molecular complexity index is 5910. The van der Waals surface area contributed by atoms with Gasteiger partial charge in [-0.15, -0.1) is 0 Å². The molecule has 0 amide bonds. The van der Waals surface area contributed by atoms with Crippen LogP contribution in [0, 0.1) is 0 Å². The second-order valence-electron chi connectivity index (χ2n) is 25.9. The minimum Gasteiger partial charge on any atom is -0.744 e. The summed E-state index contributed by atoms with van der Waals surface area (Å²) in [6.45, 7) is 0. The van der Waals surface area contributed by atoms with Crippen molar-refractivity contribution < 1.29 is 108 Å². The summed E-state index contributed by atoms with van der Waals surface area (Å²) >= 11 is 0. The maximum absolute atomic E-state index is 11.3. The van der Waals surface area contributed by atoms with Gasteiger partial charge in [-0.2, -0.15) is 0 Å². The Hall–Kier alpha value is -12.9. The average Bonchev–Trinajstić information content (AvgIpc) is 0.859. The minimum atomic E-state index is -4.51. The van der Waals surface area contributed by atoms with E-state index in [2.05, 4.69) is 0 Å². The molecule has 0 saturated heterocycles. The molecule has 29 heteroatoms. The number of fused-ring (bicyclic) bond motifs is 7. The van der Waals surface area contributed by atoms with E-state index >= 15 is 0 Å². The topological polar surface area (TPSA) is 400 Å². The van der Waals surface area contributed by atoms with Crippen LogP contribution >= 0.6 is 0 Å². The van der Waals surface area contributed by atoms with E-state index in [1.54, 1.807) is 340 Å². The molecule has 651 valence electrons. The van der Waals surface area contributed by atoms with Gasteiger partial charge in [0.25, 0.3) is 0 Å². The van der Waals surface area contributed by atoms with Crippen molar-refractivity contribution >= 4 is 70.8 Å². The summed E-state index contributed by atoms with van der Waals surface area (Å²) in [6, 6.07) is 130. The Morgan fingerprint density at radius 3 is 0.268 bits per heavy atom. The van der Waals surface area contributed by atoms with E-state index in [1.807, 2.05) is 42.5 Å². The van der Waals surface area contributed by atoms with Crippen LogP contribution in [0.4, 0.5) is 0 Å². The van der Waals surface area contributed by atoms with Crippen molar-refractivity contribution in [2.75, 3.05) is 0 Å². The Balaban J connectivity index is 0.000000203. The summed E-state index contributed by atoms with van der Waals surface area (Å²) in [7, 11) is -31.5. The van der Waals surface area contributed by atoms with Crippen LogP contribution in [-0.2, 0) is 87.9 Å². The molecule has 127 heavy (non-hydrogen) atoms. The molecule has 0 heterocycles. The van der Waals surface area contributed by atoms with E-state index in [1.165, 1.54) is 84.9 Å². The summed E-state index contributed by atoms with van der Waals surface area (Å²) in [5.74, 6) is 0. The standard InChI is InChI=1S/7C14H12O3S.Mn/c7*15-18(16,17)14-11-7-3-5-9-12-8-4-1-2-6-10-13(12)14;/h7*1-11H,(H,15,16,17);/p-7. The minimum absolute atomic E-state index is 0. The first kappa shape index (κ1) is 101. The third kappa shape index (κ3) is 33.5. The van der Waals surface area contributed by atoms with Gasteiger partial charge < -0.3 is 31.9 Å². The van der Waals surface area contributed by atoms with Gasteiger partial charge in [-0.25, -0.2) is 58.9 Å². The van der Waals surface area contributed by atoms with Gasteiger partial charge >= 0.3 is 0 Å². The van der Waals surface area contributed by atoms with E-state index in [0.29, 0.717) is 77.9 Å². The molecule has 0 aliphatic heterocycles. The van der Waals surface area contributed by atoms with Gasteiger partial charge in [-0.05, 0) is 120 Å². The largest absolute Gasteiger partial charge is 0.744 e. The number of hydrogen-bond donors (Lipinski definition) is 0. The first-order chi connectivity index (χ1) is 60.1. The molecular formula is C98H77MnO21S7-7. The van der Waals surface area contributed by atoms with E-state index < -0.39 is 70.8 Å². The fourth-order valence-electron chi connectivity index (χ4n) is 11.7. The first-order valence-electron chi connectivity index (χ1n) is 37.5. The second kappa shape index (κ2) is 49.7. The smallest absolute Gasteiger partial charge is 0.125 e.